The standard InChI is InChI=1S/C16H18Cl2N2OS/c1-3-4-9-19-20(12-7-5-11(2)6-8-12)16(21)13-10-14(17)22-15(13)18/h5-8,10,19H,3-4,9H2,1-2H3. The summed E-state index contributed by atoms with van der Waals surface area (Å²) in [6, 6.07) is 9.38. The molecule has 0 saturated heterocycles. The third-order valence-electron chi connectivity index (χ3n) is 3.18. The first-order valence-electron chi connectivity index (χ1n) is 7.12. The number of anilines is 1. The van der Waals surface area contributed by atoms with Crippen molar-refractivity contribution in [1.82, 2.24) is 5.43 Å². The highest BCUT2D eigenvalue weighted by atomic mass is 35.5. The monoisotopic (exact) mass is 356 g/mol. The number of aryl methyl sites for hydroxylation is 1. The van der Waals surface area contributed by atoms with Gasteiger partial charge in [0.2, 0.25) is 0 Å². The molecule has 0 aliphatic rings. The SMILES string of the molecule is CCCCNN(C(=O)c1cc(Cl)sc1Cl)c1ccc(C)cc1. The number of carbonyl (C=O) groups is 1. The molecule has 1 heterocycles. The minimum Gasteiger partial charge on any atom is -0.267 e. The molecule has 118 valence electrons. The molecule has 1 N–H and O–H groups in total. The zero-order chi connectivity index (χ0) is 16.1. The number of hydrazine groups is 1. The van der Waals surface area contributed by atoms with E-state index in [2.05, 4.69) is 12.3 Å². The number of hydrogen-bond donors (Lipinski definition) is 1. The zero-order valence-electron chi connectivity index (χ0n) is 12.5. The third kappa shape index (κ3) is 4.23. The van der Waals surface area contributed by atoms with Crippen LogP contribution >= 0.6 is 34.5 Å². The number of unbranched alkanes of at least 4 members (excludes halogenated alkanes) is 1. The molecule has 3 nitrogen and oxygen atoms in total. The van der Waals surface area contributed by atoms with Crippen LogP contribution in [0.3, 0.4) is 0 Å². The predicted molar refractivity (Wildman–Crippen MR) is 95.2 cm³/mol. The quantitative estimate of drug-likeness (QED) is 0.561. The van der Waals surface area contributed by atoms with Crippen LogP contribution in [0.4, 0.5) is 5.69 Å². The first-order chi connectivity index (χ1) is 10.5. The molecule has 2 rings (SSSR count). The summed E-state index contributed by atoms with van der Waals surface area (Å²) in [7, 11) is 0. The van der Waals surface area contributed by atoms with Gasteiger partial charge in [-0.15, -0.1) is 11.3 Å². The lowest BCUT2D eigenvalue weighted by Crippen LogP contribution is -2.43. The van der Waals surface area contributed by atoms with Crippen molar-refractivity contribution in [2.75, 3.05) is 11.6 Å². The van der Waals surface area contributed by atoms with Gasteiger partial charge in [-0.05, 0) is 31.5 Å². The summed E-state index contributed by atoms with van der Waals surface area (Å²) in [5.74, 6) is -0.201. The maximum absolute atomic E-state index is 12.8. The molecular formula is C16H18Cl2N2OS. The van der Waals surface area contributed by atoms with Gasteiger partial charge >= 0.3 is 0 Å². The Morgan fingerprint density at radius 3 is 2.50 bits per heavy atom. The van der Waals surface area contributed by atoms with Crippen molar-refractivity contribution in [3.05, 3.63) is 50.1 Å². The Bertz CT molecular complexity index is 640. The Kier molecular flexibility index (Phi) is 6.26. The number of halogens is 2. The van der Waals surface area contributed by atoms with Gasteiger partial charge in [-0.3, -0.25) is 4.79 Å². The number of nitrogens with zero attached hydrogens (tertiary/aromatic N) is 1. The minimum atomic E-state index is -0.201. The highest BCUT2D eigenvalue weighted by molar-refractivity contribution is 7.20. The predicted octanol–water partition coefficient (Wildman–Crippen LogP) is 5.31. The van der Waals surface area contributed by atoms with Crippen molar-refractivity contribution in [3.8, 4) is 0 Å². The number of thiophene rings is 1. The highest BCUT2D eigenvalue weighted by Crippen LogP contribution is 2.32. The summed E-state index contributed by atoms with van der Waals surface area (Å²) in [6.07, 6.45) is 2.03. The smallest absolute Gasteiger partial charge is 0.267 e. The van der Waals surface area contributed by atoms with Gasteiger partial charge in [0.25, 0.3) is 5.91 Å². The molecule has 0 unspecified atom stereocenters. The Morgan fingerprint density at radius 1 is 1.27 bits per heavy atom. The van der Waals surface area contributed by atoms with E-state index in [1.54, 1.807) is 11.1 Å². The fourth-order valence-corrected chi connectivity index (χ4v) is 3.40. The van der Waals surface area contributed by atoms with Crippen LogP contribution < -0.4 is 10.4 Å². The number of hydrogen-bond acceptors (Lipinski definition) is 3. The average molecular weight is 357 g/mol. The molecule has 1 aromatic heterocycles. The molecule has 0 fully saturated rings. The van der Waals surface area contributed by atoms with Crippen LogP contribution in [0.2, 0.25) is 8.67 Å². The maximum atomic E-state index is 12.8. The molecule has 0 aliphatic heterocycles. The second-order valence-corrected chi connectivity index (χ2v) is 7.26. The summed E-state index contributed by atoms with van der Waals surface area (Å²) in [5.41, 5.74) is 5.52. The molecule has 0 saturated carbocycles. The van der Waals surface area contributed by atoms with E-state index in [1.807, 2.05) is 31.2 Å². The van der Waals surface area contributed by atoms with Gasteiger partial charge in [0.1, 0.15) is 4.34 Å². The molecular weight excluding hydrogens is 339 g/mol. The fourth-order valence-electron chi connectivity index (χ4n) is 1.95. The Morgan fingerprint density at radius 2 is 1.95 bits per heavy atom. The van der Waals surface area contributed by atoms with E-state index in [0.717, 1.165) is 24.1 Å². The van der Waals surface area contributed by atoms with Crippen LogP contribution in [0.1, 0.15) is 35.7 Å². The maximum Gasteiger partial charge on any atom is 0.275 e. The number of amides is 1. The first kappa shape index (κ1) is 17.3. The van der Waals surface area contributed by atoms with Gasteiger partial charge in [-0.25, -0.2) is 10.4 Å². The zero-order valence-corrected chi connectivity index (χ0v) is 14.9. The van der Waals surface area contributed by atoms with Crippen LogP contribution in [0.15, 0.2) is 30.3 Å². The van der Waals surface area contributed by atoms with Gasteiger partial charge in [0.05, 0.1) is 15.6 Å². The normalized spacial score (nSPS) is 10.7. The molecule has 1 aromatic carbocycles. The molecule has 0 radical (unpaired) electrons. The number of benzene rings is 1. The minimum absolute atomic E-state index is 0.201. The average Bonchev–Trinajstić information content (AvgIpc) is 2.83. The largest absolute Gasteiger partial charge is 0.275 e. The molecule has 6 heteroatoms. The number of carbonyl (C=O) groups excluding carboxylic acids is 1. The summed E-state index contributed by atoms with van der Waals surface area (Å²) in [6.45, 7) is 4.83. The van der Waals surface area contributed by atoms with Gasteiger partial charge in [-0.1, -0.05) is 54.2 Å². The van der Waals surface area contributed by atoms with Crippen LogP contribution in [-0.2, 0) is 0 Å². The topological polar surface area (TPSA) is 32.3 Å². The van der Waals surface area contributed by atoms with E-state index >= 15 is 0 Å². The molecule has 0 atom stereocenters. The highest BCUT2D eigenvalue weighted by Gasteiger charge is 2.22. The van der Waals surface area contributed by atoms with Crippen LogP contribution in [0, 0.1) is 6.92 Å². The van der Waals surface area contributed by atoms with E-state index in [-0.39, 0.29) is 5.91 Å². The van der Waals surface area contributed by atoms with Gasteiger partial charge < -0.3 is 0 Å². The second kappa shape index (κ2) is 7.97. The second-order valence-electron chi connectivity index (χ2n) is 4.98. The van der Waals surface area contributed by atoms with Gasteiger partial charge in [0, 0.05) is 6.54 Å². The Labute approximate surface area is 144 Å². The van der Waals surface area contributed by atoms with Crippen molar-refractivity contribution in [1.29, 1.82) is 0 Å². The number of nitrogens with one attached hydrogen (secondary N) is 1. The van der Waals surface area contributed by atoms with E-state index < -0.39 is 0 Å². The van der Waals surface area contributed by atoms with Gasteiger partial charge in [-0.2, -0.15) is 0 Å². The van der Waals surface area contributed by atoms with Crippen molar-refractivity contribution >= 4 is 46.1 Å². The van der Waals surface area contributed by atoms with E-state index in [0.29, 0.717) is 20.8 Å². The Hall–Kier alpha value is -1.07. The fraction of sp³-hybridized carbons (Fsp3) is 0.312. The van der Waals surface area contributed by atoms with E-state index in [9.17, 15) is 4.79 Å². The molecule has 0 aliphatic carbocycles. The number of rotatable bonds is 6. The van der Waals surface area contributed by atoms with Crippen molar-refractivity contribution in [2.24, 2.45) is 0 Å². The molecule has 0 spiro atoms. The lowest BCUT2D eigenvalue weighted by molar-refractivity contribution is 0.0974. The van der Waals surface area contributed by atoms with E-state index in [4.69, 9.17) is 23.2 Å². The molecule has 1 amide bonds. The summed E-state index contributed by atoms with van der Waals surface area (Å²) >= 11 is 13.3. The van der Waals surface area contributed by atoms with E-state index in [1.165, 1.54) is 11.3 Å². The third-order valence-corrected chi connectivity index (χ3v) is 4.67. The summed E-state index contributed by atoms with van der Waals surface area (Å²) < 4.78 is 0.912. The Balaban J connectivity index is 2.28. The lowest BCUT2D eigenvalue weighted by atomic mass is 10.2. The van der Waals surface area contributed by atoms with Crippen LogP contribution in [0.25, 0.3) is 0 Å². The van der Waals surface area contributed by atoms with Crippen molar-refractivity contribution < 1.29 is 4.79 Å². The summed E-state index contributed by atoms with van der Waals surface area (Å²) in [4.78, 5) is 12.8. The lowest BCUT2D eigenvalue weighted by Gasteiger charge is -2.23. The van der Waals surface area contributed by atoms with Gasteiger partial charge in [0.15, 0.2) is 0 Å². The molecule has 22 heavy (non-hydrogen) atoms. The molecule has 0 bridgehead atoms. The molecule has 2 aromatic rings. The summed E-state index contributed by atoms with van der Waals surface area (Å²) in [5, 5.41) is 1.54. The van der Waals surface area contributed by atoms with Crippen molar-refractivity contribution in [2.45, 2.75) is 26.7 Å². The van der Waals surface area contributed by atoms with Crippen molar-refractivity contribution in [3.63, 3.8) is 0 Å². The van der Waals surface area contributed by atoms with Crippen LogP contribution in [-0.4, -0.2) is 12.5 Å². The van der Waals surface area contributed by atoms with Crippen LogP contribution in [0.5, 0.6) is 0 Å². The first-order valence-corrected chi connectivity index (χ1v) is 8.69.